The third-order valence-electron chi connectivity index (χ3n) is 8.79. The predicted molar refractivity (Wildman–Crippen MR) is 156 cm³/mol. The van der Waals surface area contributed by atoms with E-state index in [1.54, 1.807) is 33.7 Å². The third-order valence-corrected chi connectivity index (χ3v) is 10.9. The van der Waals surface area contributed by atoms with Crippen molar-refractivity contribution in [3.05, 3.63) is 54.6 Å². The molecule has 1 spiro atoms. The molecule has 0 aromatic heterocycles. The molecule has 3 heterocycles. The van der Waals surface area contributed by atoms with Crippen molar-refractivity contribution in [1.29, 1.82) is 0 Å². The Kier molecular flexibility index (Phi) is 8.96. The van der Waals surface area contributed by atoms with E-state index in [4.69, 9.17) is 4.74 Å². The molecule has 0 radical (unpaired) electrons. The zero-order valence-electron chi connectivity index (χ0n) is 23.6. The van der Waals surface area contributed by atoms with Gasteiger partial charge in [-0.2, -0.15) is 0 Å². The van der Waals surface area contributed by atoms with Gasteiger partial charge in [-0.05, 0) is 62.6 Å². The second kappa shape index (κ2) is 11.9. The van der Waals surface area contributed by atoms with Crippen LogP contribution in [0.2, 0.25) is 0 Å². The highest BCUT2D eigenvalue weighted by molar-refractivity contribution is 8.02. The highest BCUT2D eigenvalue weighted by Gasteiger charge is 2.77. The molecule has 4 rings (SSSR count). The topological polar surface area (TPSA) is 87.2 Å². The molecule has 0 saturated carbocycles. The van der Waals surface area contributed by atoms with Gasteiger partial charge in [-0.1, -0.05) is 38.1 Å². The fourth-order valence-corrected chi connectivity index (χ4v) is 9.29. The monoisotopic (exact) mass is 554 g/mol. The summed E-state index contributed by atoms with van der Waals surface area (Å²) in [6, 6.07) is 4.66. The highest BCUT2D eigenvalue weighted by Crippen LogP contribution is 2.69. The van der Waals surface area contributed by atoms with Gasteiger partial charge in [0.05, 0.1) is 35.8 Å². The number of thioether (sulfide) groups is 1. The molecule has 2 amide bonds. The maximum Gasteiger partial charge on any atom is 0.310 e. The van der Waals surface area contributed by atoms with E-state index in [-0.39, 0.29) is 48.7 Å². The summed E-state index contributed by atoms with van der Waals surface area (Å²) in [5.41, 5.74) is 2.76. The Morgan fingerprint density at radius 1 is 1.31 bits per heavy atom. The molecule has 0 aliphatic carbocycles. The van der Waals surface area contributed by atoms with Crippen LogP contribution in [0.1, 0.15) is 50.7 Å². The van der Waals surface area contributed by atoms with Gasteiger partial charge in [-0.3, -0.25) is 14.4 Å². The fraction of sp³-hybridized carbons (Fsp3) is 0.581. The van der Waals surface area contributed by atoms with Gasteiger partial charge in [0.2, 0.25) is 5.91 Å². The number of hydrogen-bond donors (Lipinski definition) is 1. The van der Waals surface area contributed by atoms with Crippen LogP contribution in [0.15, 0.2) is 43.5 Å². The van der Waals surface area contributed by atoms with Crippen molar-refractivity contribution in [1.82, 2.24) is 4.90 Å². The summed E-state index contributed by atoms with van der Waals surface area (Å²) in [5, 5.41) is 10.3. The zero-order chi connectivity index (χ0) is 28.5. The molecule has 3 unspecified atom stereocenters. The first kappa shape index (κ1) is 29.4. The number of aliphatic hydroxyl groups is 1. The number of esters is 1. The van der Waals surface area contributed by atoms with Crippen molar-refractivity contribution in [2.45, 2.75) is 75.5 Å². The molecule has 3 aliphatic heterocycles. The first-order chi connectivity index (χ1) is 18.7. The number of allylic oxidation sites excluding steroid dienone is 1. The summed E-state index contributed by atoms with van der Waals surface area (Å²) < 4.78 is 4.89. The Labute approximate surface area is 236 Å². The average molecular weight is 555 g/mol. The minimum Gasteiger partial charge on any atom is -0.465 e. The number of carbonyl (C=O) groups is 3. The van der Waals surface area contributed by atoms with E-state index in [2.05, 4.69) is 20.1 Å². The molecule has 1 N–H and O–H groups in total. The molecular weight excluding hydrogens is 512 g/mol. The molecule has 2 bridgehead atoms. The van der Waals surface area contributed by atoms with Crippen molar-refractivity contribution in [2.24, 2.45) is 17.8 Å². The molecule has 7 atom stereocenters. The van der Waals surface area contributed by atoms with E-state index < -0.39 is 28.7 Å². The number of aryl methyl sites for hydroxylation is 2. The summed E-state index contributed by atoms with van der Waals surface area (Å²) in [5.74, 6) is -2.00. The predicted octanol–water partition coefficient (Wildman–Crippen LogP) is 4.44. The lowest BCUT2D eigenvalue weighted by molar-refractivity contribution is -0.155. The summed E-state index contributed by atoms with van der Waals surface area (Å²) in [4.78, 5) is 45.8. The van der Waals surface area contributed by atoms with Crippen LogP contribution in [-0.4, -0.2) is 69.6 Å². The molecule has 7 nitrogen and oxygen atoms in total. The van der Waals surface area contributed by atoms with Crippen LogP contribution < -0.4 is 4.90 Å². The number of aliphatic hydroxyl groups excluding tert-OH is 1. The van der Waals surface area contributed by atoms with Crippen LogP contribution in [0.3, 0.4) is 0 Å². The maximum atomic E-state index is 14.7. The second-order valence-corrected chi connectivity index (χ2v) is 12.7. The number of carbonyl (C=O) groups excluding carboxylic acids is 3. The van der Waals surface area contributed by atoms with Gasteiger partial charge in [0.25, 0.3) is 5.91 Å². The zero-order valence-corrected chi connectivity index (χ0v) is 24.4. The SMILES string of the molecule is C=CCCCOC(=O)[C@@H]1[C@@H]2CC(C)C3(S2)C(C(=O)N(CC=C)c2cc(C)ccc2C)N([C@@H](CC)CO)C(=O)[C@H]13. The number of unbranched alkanes of at least 4 members (excludes halogenated alkanes) is 1. The van der Waals surface area contributed by atoms with E-state index in [1.807, 2.05) is 39.0 Å². The molecule has 8 heteroatoms. The van der Waals surface area contributed by atoms with Gasteiger partial charge in [0.15, 0.2) is 0 Å². The smallest absolute Gasteiger partial charge is 0.310 e. The molecule has 1 aromatic carbocycles. The second-order valence-electron chi connectivity index (χ2n) is 11.2. The lowest BCUT2D eigenvalue weighted by Gasteiger charge is -2.42. The Morgan fingerprint density at radius 2 is 2.05 bits per heavy atom. The van der Waals surface area contributed by atoms with Crippen LogP contribution >= 0.6 is 11.8 Å². The van der Waals surface area contributed by atoms with Gasteiger partial charge in [0, 0.05) is 17.5 Å². The van der Waals surface area contributed by atoms with E-state index in [0.717, 1.165) is 29.7 Å². The van der Waals surface area contributed by atoms with Crippen LogP contribution in [0.5, 0.6) is 0 Å². The first-order valence-electron chi connectivity index (χ1n) is 14.1. The summed E-state index contributed by atoms with van der Waals surface area (Å²) in [6.07, 6.45) is 6.15. The number of fused-ring (bicyclic) bond motifs is 1. The molecule has 39 heavy (non-hydrogen) atoms. The number of nitrogens with zero attached hydrogens (tertiary/aromatic N) is 2. The molecule has 3 saturated heterocycles. The lowest BCUT2D eigenvalue weighted by atomic mass is 9.66. The highest BCUT2D eigenvalue weighted by atomic mass is 32.2. The molecule has 212 valence electrons. The normalized spacial score (nSPS) is 29.7. The van der Waals surface area contributed by atoms with Crippen molar-refractivity contribution in [3.8, 4) is 0 Å². The summed E-state index contributed by atoms with van der Waals surface area (Å²) >= 11 is 1.62. The van der Waals surface area contributed by atoms with Gasteiger partial charge in [-0.25, -0.2) is 0 Å². The Bertz CT molecular complexity index is 1130. The number of ether oxygens (including phenoxy) is 1. The summed E-state index contributed by atoms with van der Waals surface area (Å²) in [7, 11) is 0. The molecule has 3 aliphatic rings. The largest absolute Gasteiger partial charge is 0.465 e. The van der Waals surface area contributed by atoms with Gasteiger partial charge in [-0.15, -0.1) is 24.9 Å². The Morgan fingerprint density at radius 3 is 2.69 bits per heavy atom. The Balaban J connectivity index is 1.80. The van der Waals surface area contributed by atoms with E-state index in [1.165, 1.54) is 0 Å². The molecule has 3 fully saturated rings. The number of benzene rings is 1. The minimum absolute atomic E-state index is 0.0330. The summed E-state index contributed by atoms with van der Waals surface area (Å²) in [6.45, 7) is 15.9. The minimum atomic E-state index is -0.810. The van der Waals surface area contributed by atoms with Gasteiger partial charge < -0.3 is 19.6 Å². The first-order valence-corrected chi connectivity index (χ1v) is 14.9. The third kappa shape index (κ3) is 4.84. The number of amides is 2. The Hall–Kier alpha value is -2.58. The van der Waals surface area contributed by atoms with Crippen molar-refractivity contribution < 1.29 is 24.2 Å². The van der Waals surface area contributed by atoms with Gasteiger partial charge in [0.1, 0.15) is 6.04 Å². The standard InChI is InChI=1S/C31H42N2O5S/c1-7-10-11-15-38-30(37)25-24-17-21(6)31(39-24)26(25)28(35)33(22(9-3)18-34)27(31)29(36)32(14-8-2)23-16-19(4)12-13-20(23)5/h7-8,12-13,16,21-22,24-27,34H,1-2,9-11,14-15,17-18H2,3-6H3/t21?,22-,24-,25+,26-,27?,31?/m0/s1. The van der Waals surface area contributed by atoms with Crippen LogP contribution in [0.25, 0.3) is 0 Å². The quantitative estimate of drug-likeness (QED) is 0.234. The molecular formula is C31H42N2O5S. The average Bonchev–Trinajstić information content (AvgIpc) is 3.51. The van der Waals surface area contributed by atoms with E-state index in [9.17, 15) is 19.5 Å². The maximum absolute atomic E-state index is 14.7. The van der Waals surface area contributed by atoms with Crippen molar-refractivity contribution in [3.63, 3.8) is 0 Å². The number of anilines is 1. The van der Waals surface area contributed by atoms with E-state index >= 15 is 0 Å². The van der Waals surface area contributed by atoms with Crippen molar-refractivity contribution in [2.75, 3.05) is 24.7 Å². The van der Waals surface area contributed by atoms with Crippen LogP contribution in [0.4, 0.5) is 5.69 Å². The number of rotatable bonds is 12. The molecule has 1 aromatic rings. The van der Waals surface area contributed by atoms with Gasteiger partial charge >= 0.3 is 5.97 Å². The van der Waals surface area contributed by atoms with Crippen molar-refractivity contribution >= 4 is 35.2 Å². The number of likely N-dealkylation sites (tertiary alicyclic amines) is 1. The van der Waals surface area contributed by atoms with Crippen LogP contribution in [-0.2, 0) is 19.1 Å². The fourth-order valence-electron chi connectivity index (χ4n) is 6.90. The van der Waals surface area contributed by atoms with Crippen LogP contribution in [0, 0.1) is 31.6 Å². The number of hydrogen-bond acceptors (Lipinski definition) is 6. The lowest BCUT2D eigenvalue weighted by Crippen LogP contribution is -2.59. The van der Waals surface area contributed by atoms with E-state index in [0.29, 0.717) is 12.8 Å².